The number of phenols is 1. The molecule has 0 saturated heterocycles. The highest BCUT2D eigenvalue weighted by Crippen LogP contribution is 2.53. The van der Waals surface area contributed by atoms with Gasteiger partial charge in [0, 0.05) is 34.9 Å². The minimum atomic E-state index is -2.57. The van der Waals surface area contributed by atoms with Crippen LogP contribution in [0, 0.1) is 5.92 Å². The highest BCUT2D eigenvalue weighted by Gasteiger charge is 2.45. The van der Waals surface area contributed by atoms with Gasteiger partial charge in [-0.05, 0) is 70.6 Å². The largest absolute Gasteiger partial charge is 0.507 e. The number of allylic oxidation sites excluding steroid dienone is 2. The number of unbranched alkanes of at least 4 members (excludes halogenated alkanes) is 3. The van der Waals surface area contributed by atoms with Crippen molar-refractivity contribution in [3.8, 4) is 11.5 Å². The van der Waals surface area contributed by atoms with Crippen LogP contribution in [-0.2, 0) is 11.2 Å². The van der Waals surface area contributed by atoms with E-state index in [2.05, 4.69) is 38.2 Å². The number of phenolic OH excluding ortho intramolecular Hbond substituents is 1. The average molecular weight is 392 g/mol. The first-order chi connectivity index (χ1) is 14.5. The summed E-state index contributed by atoms with van der Waals surface area (Å²) >= 11 is 0. The topological polar surface area (TPSA) is 58.6 Å². The number of hydrogen-bond donors (Lipinski definition) is 2. The van der Waals surface area contributed by atoms with Crippen LogP contribution in [0.5, 0.6) is 11.5 Å². The summed E-state index contributed by atoms with van der Waals surface area (Å²) in [6, 6.07) is 3.97. The fourth-order valence-electron chi connectivity index (χ4n) is 4.73. The molecule has 0 aromatic heterocycles. The molecule has 0 bridgehead atoms. The maximum Gasteiger partial charge on any atom is 0.216 e. The molecule has 4 heteroatoms. The molecule has 1 aromatic carbocycles. The highest BCUT2D eigenvalue weighted by atomic mass is 16.5. The van der Waals surface area contributed by atoms with Crippen molar-refractivity contribution < 1.29 is 18.8 Å². The first kappa shape index (κ1) is 16.9. The summed E-state index contributed by atoms with van der Waals surface area (Å²) < 4.78 is 27.5. The summed E-state index contributed by atoms with van der Waals surface area (Å²) in [5, 5.41) is 13.3. The van der Waals surface area contributed by atoms with E-state index in [0.717, 1.165) is 61.8 Å². The number of fused-ring (bicyclic) bond motifs is 3. The number of hydrogen-bond acceptors (Lipinski definition) is 3. The van der Waals surface area contributed by atoms with Crippen LogP contribution in [0.3, 0.4) is 0 Å². The van der Waals surface area contributed by atoms with Crippen molar-refractivity contribution in [2.24, 2.45) is 5.92 Å². The van der Waals surface area contributed by atoms with E-state index in [9.17, 15) is 9.90 Å². The lowest BCUT2D eigenvalue weighted by Gasteiger charge is -2.46. The van der Waals surface area contributed by atoms with Crippen LogP contribution >= 0.6 is 0 Å². The number of carbonyl (C=O) groups excluding carboxylic acids is 1. The van der Waals surface area contributed by atoms with Crippen LogP contribution in [0.2, 0.25) is 0 Å². The van der Waals surface area contributed by atoms with Gasteiger partial charge in [0.05, 0.1) is 0 Å². The normalized spacial score (nSPS) is 24.5. The molecular formula is C24H35NO3. The van der Waals surface area contributed by atoms with Crippen molar-refractivity contribution in [2.45, 2.75) is 84.1 Å². The second-order valence-corrected chi connectivity index (χ2v) is 8.84. The first-order valence-electron chi connectivity index (χ1n) is 12.0. The van der Waals surface area contributed by atoms with Crippen molar-refractivity contribution in [3.05, 3.63) is 34.9 Å². The molecule has 2 N–H and O–H groups in total. The smallest absolute Gasteiger partial charge is 0.216 e. The molecule has 0 radical (unpaired) electrons. The van der Waals surface area contributed by atoms with Crippen molar-refractivity contribution >= 4 is 5.91 Å². The summed E-state index contributed by atoms with van der Waals surface area (Å²) in [6.45, 7) is 4.28. The molecule has 28 heavy (non-hydrogen) atoms. The summed E-state index contributed by atoms with van der Waals surface area (Å²) in [5.74, 6) is 0.819. The van der Waals surface area contributed by atoms with Crippen molar-refractivity contribution in [1.29, 1.82) is 0 Å². The average Bonchev–Trinajstić information content (AvgIpc) is 2.65. The summed E-state index contributed by atoms with van der Waals surface area (Å²) in [4.78, 5) is 11.3. The van der Waals surface area contributed by atoms with Crippen LogP contribution in [0.1, 0.15) is 87.3 Å². The highest BCUT2D eigenvalue weighted by molar-refractivity contribution is 5.72. The molecule has 1 aliphatic heterocycles. The number of ether oxygens (including phenoxy) is 1. The van der Waals surface area contributed by atoms with Gasteiger partial charge >= 0.3 is 0 Å². The Hall–Kier alpha value is -1.97. The number of aryl methyl sites for hydroxylation is 1. The van der Waals surface area contributed by atoms with E-state index in [-0.39, 0.29) is 11.5 Å². The van der Waals surface area contributed by atoms with Gasteiger partial charge in [0.1, 0.15) is 17.1 Å². The number of aromatic hydroxyl groups is 1. The number of carbonyl (C=O) groups is 1. The van der Waals surface area contributed by atoms with E-state index in [1.165, 1.54) is 5.57 Å². The zero-order chi connectivity index (χ0) is 22.8. The molecule has 1 amide bonds. The minimum Gasteiger partial charge on any atom is -0.507 e. The van der Waals surface area contributed by atoms with Gasteiger partial charge in [-0.3, -0.25) is 4.79 Å². The van der Waals surface area contributed by atoms with Gasteiger partial charge in [0.15, 0.2) is 0 Å². The Morgan fingerprint density at radius 2 is 2.11 bits per heavy atom. The second-order valence-electron chi connectivity index (χ2n) is 8.84. The fourth-order valence-corrected chi connectivity index (χ4v) is 4.73. The van der Waals surface area contributed by atoms with Crippen molar-refractivity contribution in [3.63, 3.8) is 0 Å². The van der Waals surface area contributed by atoms with Gasteiger partial charge in [0.25, 0.3) is 0 Å². The molecule has 0 fully saturated rings. The SMILES string of the molecule is [3H]C([3H])([3H])C(=O)NCCCCCCc1cc(O)c2c(c1)OC(C)(C)[C@@H]1CCC(C)=C[C@@H]21. The standard InChI is InChI=1S/C24H35NO3/c1-16-10-11-20-19(13-16)23-21(27)14-18(15-22(23)28-24(20,3)4)9-7-5-6-8-12-25-17(2)26/h13-15,19-20,27H,5-12H2,1-4H3,(H,25,26)/t19-,20-/m1/s1/i2T3. The summed E-state index contributed by atoms with van der Waals surface area (Å²) in [6.07, 6.45) is 8.91. The molecule has 1 aromatic rings. The molecule has 1 heterocycles. The number of benzene rings is 1. The predicted molar refractivity (Wildman–Crippen MR) is 113 cm³/mol. The van der Waals surface area contributed by atoms with Crippen LogP contribution < -0.4 is 10.1 Å². The van der Waals surface area contributed by atoms with Gasteiger partial charge in [-0.15, -0.1) is 0 Å². The Morgan fingerprint density at radius 1 is 1.32 bits per heavy atom. The minimum absolute atomic E-state index is 0.201. The molecular weight excluding hydrogens is 350 g/mol. The Labute approximate surface area is 173 Å². The van der Waals surface area contributed by atoms with Gasteiger partial charge in [-0.25, -0.2) is 0 Å². The Kier molecular flexibility index (Phi) is 5.19. The summed E-state index contributed by atoms with van der Waals surface area (Å²) in [5.41, 5.74) is 3.11. The predicted octanol–water partition coefficient (Wildman–Crippen LogP) is 5.24. The molecule has 2 atom stereocenters. The second kappa shape index (κ2) is 8.59. The van der Waals surface area contributed by atoms with E-state index >= 15 is 0 Å². The van der Waals surface area contributed by atoms with E-state index in [1.807, 2.05) is 6.07 Å². The molecule has 1 aliphatic carbocycles. The van der Waals surface area contributed by atoms with Gasteiger partial charge in [-0.2, -0.15) is 0 Å². The zero-order valence-electron chi connectivity index (χ0n) is 20.3. The van der Waals surface area contributed by atoms with Crippen LogP contribution in [0.15, 0.2) is 23.8 Å². The number of nitrogens with one attached hydrogen (secondary N) is 1. The lowest BCUT2D eigenvalue weighted by atomic mass is 9.68. The van der Waals surface area contributed by atoms with Crippen LogP contribution in [0.25, 0.3) is 0 Å². The van der Waals surface area contributed by atoms with Gasteiger partial charge in [-0.1, -0.05) is 24.5 Å². The third kappa shape index (κ3) is 4.71. The van der Waals surface area contributed by atoms with E-state index in [1.54, 1.807) is 0 Å². The molecule has 154 valence electrons. The fraction of sp³-hybridized carbons (Fsp3) is 0.625. The zero-order valence-corrected chi connectivity index (χ0v) is 17.3. The molecule has 0 unspecified atom stereocenters. The molecule has 0 spiro atoms. The Bertz CT molecular complexity index is 845. The number of amides is 1. The Balaban J connectivity index is 1.55. The lowest BCUT2D eigenvalue weighted by molar-refractivity contribution is -0.118. The molecule has 4 nitrogen and oxygen atoms in total. The van der Waals surface area contributed by atoms with E-state index in [4.69, 9.17) is 8.85 Å². The lowest BCUT2D eigenvalue weighted by Crippen LogP contribution is -2.45. The molecule has 2 aliphatic rings. The Morgan fingerprint density at radius 3 is 2.89 bits per heavy atom. The quantitative estimate of drug-likeness (QED) is 0.493. The third-order valence-electron chi connectivity index (χ3n) is 6.20. The van der Waals surface area contributed by atoms with E-state index < -0.39 is 12.8 Å². The van der Waals surface area contributed by atoms with E-state index in [0.29, 0.717) is 18.2 Å². The molecule has 3 rings (SSSR count). The molecule has 0 saturated carbocycles. The third-order valence-corrected chi connectivity index (χ3v) is 6.20. The number of rotatable bonds is 7. The van der Waals surface area contributed by atoms with Crippen LogP contribution in [-0.4, -0.2) is 23.2 Å². The van der Waals surface area contributed by atoms with Crippen molar-refractivity contribution in [1.82, 2.24) is 5.32 Å². The van der Waals surface area contributed by atoms with Crippen LogP contribution in [0.4, 0.5) is 0 Å². The van der Waals surface area contributed by atoms with Gasteiger partial charge in [0.2, 0.25) is 5.91 Å². The van der Waals surface area contributed by atoms with Crippen molar-refractivity contribution in [2.75, 3.05) is 6.54 Å². The monoisotopic (exact) mass is 391 g/mol. The first-order valence-corrected chi connectivity index (χ1v) is 10.5. The summed E-state index contributed by atoms with van der Waals surface area (Å²) in [7, 11) is 0. The van der Waals surface area contributed by atoms with Gasteiger partial charge < -0.3 is 15.2 Å². The maximum atomic E-state index is 11.3. The maximum absolute atomic E-state index is 11.3.